The highest BCUT2D eigenvalue weighted by atomic mass is 31.0. The van der Waals surface area contributed by atoms with Crippen LogP contribution in [0.1, 0.15) is 78.7 Å². The van der Waals surface area contributed by atoms with Gasteiger partial charge in [0, 0.05) is 50.8 Å². The maximum absolute atomic E-state index is 14.7. The minimum atomic E-state index is -1.57. The summed E-state index contributed by atoms with van der Waals surface area (Å²) in [6.07, 6.45) is 4.76. The molecule has 7 nitrogen and oxygen atoms in total. The lowest BCUT2D eigenvalue weighted by molar-refractivity contribution is 0.0685. The molecule has 1 aromatic heterocycles. The average molecular weight is 518 g/mol. The molecule has 3 heterocycles. The fourth-order valence-corrected chi connectivity index (χ4v) is 5.48. The third-order valence-electron chi connectivity index (χ3n) is 7.21. The van der Waals surface area contributed by atoms with Crippen LogP contribution < -0.4 is 16.2 Å². The van der Waals surface area contributed by atoms with Gasteiger partial charge >= 0.3 is 0 Å². The Balaban J connectivity index is 1.64. The van der Waals surface area contributed by atoms with Gasteiger partial charge in [-0.2, -0.15) is 0 Å². The number of rotatable bonds is 7. The summed E-state index contributed by atoms with van der Waals surface area (Å²) in [5.74, 6) is -0.281. The molecule has 0 bridgehead atoms. The molecule has 2 aliphatic heterocycles. The minimum absolute atomic E-state index is 0.00411. The second-order valence-corrected chi connectivity index (χ2v) is 11.1. The van der Waals surface area contributed by atoms with Gasteiger partial charge in [-0.1, -0.05) is 27.4 Å². The molecule has 4 rings (SSSR count). The fourth-order valence-electron chi connectivity index (χ4n) is 5.16. The van der Waals surface area contributed by atoms with Crippen molar-refractivity contribution in [3.63, 3.8) is 0 Å². The third-order valence-corrected chi connectivity index (χ3v) is 7.52. The van der Waals surface area contributed by atoms with Crippen LogP contribution in [0.4, 0.5) is 10.1 Å². The summed E-state index contributed by atoms with van der Waals surface area (Å²) in [4.78, 5) is 26.7. The zero-order chi connectivity index (χ0) is 25.9. The molecule has 0 spiro atoms. The van der Waals surface area contributed by atoms with Gasteiger partial charge in [-0.3, -0.25) is 9.59 Å². The molecule has 2 aliphatic rings. The van der Waals surface area contributed by atoms with Crippen LogP contribution in [-0.2, 0) is 14.9 Å². The van der Waals surface area contributed by atoms with E-state index in [4.69, 9.17) is 9.47 Å². The van der Waals surface area contributed by atoms with E-state index in [9.17, 15) is 14.0 Å². The van der Waals surface area contributed by atoms with Gasteiger partial charge in [0.25, 0.3) is 11.5 Å². The number of aromatic nitrogens is 1. The van der Waals surface area contributed by atoms with Gasteiger partial charge in [-0.25, -0.2) is 4.39 Å². The topological polar surface area (TPSA) is 81.6 Å². The number of nitrogens with zero attached hydrogens (tertiary/aromatic N) is 1. The second kappa shape index (κ2) is 11.4. The van der Waals surface area contributed by atoms with E-state index in [0.29, 0.717) is 43.2 Å². The standard InChI is InChI=1S/C27H37FN3O4P/c1-17-21(5-4-6-23(17)27(3,28)36)18(2)29-26(33)22-16-31(20-9-13-35-14-10-20)25(32)15-24(22)30-19-7-11-34-12-8-19/h4-6,15-16,18-20,30H,7-14,36H2,1-3H3,(H,29,33)/t18-,27?/m1/s1. The molecular weight excluding hydrogens is 480 g/mol. The SMILES string of the molecule is Cc1c([C@@H](C)NC(=O)c2cn(C3CCOCC3)c(=O)cc2NC2CCOCC2)cccc1C(C)(F)P. The van der Waals surface area contributed by atoms with Crippen molar-refractivity contribution in [3.8, 4) is 0 Å². The molecule has 0 aliphatic carbocycles. The number of amides is 1. The molecule has 3 atom stereocenters. The van der Waals surface area contributed by atoms with E-state index in [2.05, 4.69) is 19.9 Å². The first-order valence-electron chi connectivity index (χ1n) is 12.7. The predicted octanol–water partition coefficient (Wildman–Crippen LogP) is 4.61. The van der Waals surface area contributed by atoms with Gasteiger partial charge in [0.05, 0.1) is 17.3 Å². The van der Waals surface area contributed by atoms with Gasteiger partial charge in [0.2, 0.25) is 0 Å². The van der Waals surface area contributed by atoms with Gasteiger partial charge in [0.15, 0.2) is 0 Å². The van der Waals surface area contributed by atoms with Crippen molar-refractivity contribution in [1.29, 1.82) is 0 Å². The first-order valence-corrected chi connectivity index (χ1v) is 13.3. The van der Waals surface area contributed by atoms with Crippen LogP contribution >= 0.6 is 9.24 Å². The van der Waals surface area contributed by atoms with Crippen molar-refractivity contribution in [3.05, 3.63) is 63.1 Å². The number of hydrogen-bond donors (Lipinski definition) is 2. The van der Waals surface area contributed by atoms with Crippen LogP contribution in [0, 0.1) is 6.92 Å². The fraction of sp³-hybridized carbons (Fsp3) is 0.556. The largest absolute Gasteiger partial charge is 0.381 e. The van der Waals surface area contributed by atoms with Gasteiger partial charge in [-0.05, 0) is 63.1 Å². The number of anilines is 1. The molecule has 1 amide bonds. The van der Waals surface area contributed by atoms with Crippen LogP contribution in [0.2, 0.25) is 0 Å². The highest BCUT2D eigenvalue weighted by Gasteiger charge is 2.26. The molecule has 2 fully saturated rings. The Kier molecular flexibility index (Phi) is 8.48. The zero-order valence-corrected chi connectivity index (χ0v) is 22.5. The number of pyridine rings is 1. The first kappa shape index (κ1) is 26.8. The second-order valence-electron chi connectivity index (χ2n) is 10.0. The van der Waals surface area contributed by atoms with Crippen molar-refractivity contribution in [1.82, 2.24) is 9.88 Å². The number of carbonyl (C=O) groups is 1. The van der Waals surface area contributed by atoms with Gasteiger partial charge in [0.1, 0.15) is 5.41 Å². The van der Waals surface area contributed by atoms with Crippen molar-refractivity contribution in [2.45, 2.75) is 70.0 Å². The van der Waals surface area contributed by atoms with Crippen LogP contribution in [0.5, 0.6) is 0 Å². The third kappa shape index (κ3) is 6.16. The summed E-state index contributed by atoms with van der Waals surface area (Å²) in [7, 11) is 2.23. The molecule has 196 valence electrons. The molecule has 1 aromatic carbocycles. The lowest BCUT2D eigenvalue weighted by Gasteiger charge is -2.28. The molecule has 2 aromatic rings. The highest BCUT2D eigenvalue weighted by molar-refractivity contribution is 7.18. The van der Waals surface area contributed by atoms with Gasteiger partial charge in [-0.15, -0.1) is 0 Å². The number of carbonyl (C=O) groups excluding carboxylic acids is 1. The van der Waals surface area contributed by atoms with Crippen LogP contribution in [0.25, 0.3) is 0 Å². The van der Waals surface area contributed by atoms with Crippen molar-refractivity contribution < 1.29 is 18.7 Å². The maximum atomic E-state index is 14.7. The first-order chi connectivity index (χ1) is 17.1. The van der Waals surface area contributed by atoms with Crippen LogP contribution in [0.3, 0.4) is 0 Å². The van der Waals surface area contributed by atoms with Gasteiger partial charge < -0.3 is 24.7 Å². The number of alkyl halides is 1. The lowest BCUT2D eigenvalue weighted by Crippen LogP contribution is -2.35. The minimum Gasteiger partial charge on any atom is -0.381 e. The van der Waals surface area contributed by atoms with E-state index in [-0.39, 0.29) is 29.6 Å². The molecular formula is C27H37FN3O4P. The molecule has 2 unspecified atom stereocenters. The quantitative estimate of drug-likeness (QED) is 0.525. The normalized spacial score (nSPS) is 19.9. The number of ether oxygens (including phenoxy) is 2. The van der Waals surface area contributed by atoms with Crippen LogP contribution in [0.15, 0.2) is 35.3 Å². The monoisotopic (exact) mass is 517 g/mol. The predicted molar refractivity (Wildman–Crippen MR) is 142 cm³/mol. The summed E-state index contributed by atoms with van der Waals surface area (Å²) >= 11 is 0. The lowest BCUT2D eigenvalue weighted by atomic mass is 9.95. The van der Waals surface area contributed by atoms with Crippen LogP contribution in [-0.4, -0.2) is 42.9 Å². The van der Waals surface area contributed by atoms with E-state index in [0.717, 1.165) is 36.8 Å². The van der Waals surface area contributed by atoms with Crippen molar-refractivity contribution >= 4 is 20.8 Å². The Bertz CT molecular complexity index is 1130. The molecule has 2 N–H and O–H groups in total. The average Bonchev–Trinajstić information content (AvgIpc) is 2.84. The molecule has 0 saturated carbocycles. The Morgan fingerprint density at radius 1 is 1.17 bits per heavy atom. The maximum Gasteiger partial charge on any atom is 0.255 e. The number of halogens is 1. The molecule has 2 saturated heterocycles. The van der Waals surface area contributed by atoms with Crippen molar-refractivity contribution in [2.24, 2.45) is 0 Å². The number of benzene rings is 1. The highest BCUT2D eigenvalue weighted by Crippen LogP contribution is 2.37. The smallest absolute Gasteiger partial charge is 0.255 e. The van der Waals surface area contributed by atoms with E-state index in [1.807, 2.05) is 26.0 Å². The van der Waals surface area contributed by atoms with E-state index >= 15 is 0 Å². The summed E-state index contributed by atoms with van der Waals surface area (Å²) < 4.78 is 27.3. The van der Waals surface area contributed by atoms with E-state index < -0.39 is 5.41 Å². The molecule has 9 heteroatoms. The molecule has 0 radical (unpaired) electrons. The summed E-state index contributed by atoms with van der Waals surface area (Å²) in [6, 6.07) is 6.79. The van der Waals surface area contributed by atoms with Crippen molar-refractivity contribution in [2.75, 3.05) is 31.7 Å². The molecule has 36 heavy (non-hydrogen) atoms. The Morgan fingerprint density at radius 2 is 1.81 bits per heavy atom. The Morgan fingerprint density at radius 3 is 2.44 bits per heavy atom. The Labute approximate surface area is 214 Å². The van der Waals surface area contributed by atoms with E-state index in [1.165, 1.54) is 6.92 Å². The number of nitrogens with one attached hydrogen (secondary N) is 2. The number of hydrogen-bond acceptors (Lipinski definition) is 5. The van der Waals surface area contributed by atoms with E-state index in [1.54, 1.807) is 22.9 Å². The summed E-state index contributed by atoms with van der Waals surface area (Å²) in [5.41, 5.74) is 3.05. The summed E-state index contributed by atoms with van der Waals surface area (Å²) in [5, 5.41) is 4.94. The summed E-state index contributed by atoms with van der Waals surface area (Å²) in [6.45, 7) is 7.75. The Hall–Kier alpha value is -2.28. The zero-order valence-electron chi connectivity index (χ0n) is 21.3.